The zero-order valence-corrected chi connectivity index (χ0v) is 36.4. The van der Waals surface area contributed by atoms with E-state index in [0.717, 1.165) is 77.0 Å². The van der Waals surface area contributed by atoms with Crippen molar-refractivity contribution in [1.29, 1.82) is 0 Å². The molecule has 0 aromatic carbocycles. The lowest BCUT2D eigenvalue weighted by Gasteiger charge is -2.19. The maximum Gasteiger partial charge on any atom is 0.220 e. The average Bonchev–Trinajstić information content (AvgIpc) is 3.20. The van der Waals surface area contributed by atoms with E-state index in [-0.39, 0.29) is 12.5 Å². The summed E-state index contributed by atoms with van der Waals surface area (Å²) in [4.78, 5) is 12.3. The summed E-state index contributed by atoms with van der Waals surface area (Å²) in [6, 6.07) is -0.643. The lowest BCUT2D eigenvalue weighted by atomic mass is 10.0. The Kier molecular flexibility index (Phi) is 44.0. The largest absolute Gasteiger partial charge is 0.394 e. The summed E-state index contributed by atoms with van der Waals surface area (Å²) < 4.78 is 0. The normalized spacial score (nSPS) is 14.0. The second kappa shape index (κ2) is 46.4. The molecule has 0 aromatic rings. The summed E-state index contributed by atoms with van der Waals surface area (Å²) >= 11 is 0. The number of rotatable bonds is 40. The molecule has 0 aliphatic rings. The SMILES string of the molecule is CC/C=C\C/C=C\C/C=C\C/C=C\C/C=C\C/C=C\C/C=C\CCCCCCCCCCCCCCCC(=O)NC(CO)C(O)/C=C/CC/C=C/CCCCC. The molecular weight excluding hydrogens is 687 g/mol. The molecule has 0 saturated carbocycles. The minimum absolute atomic E-state index is 0.0835. The minimum atomic E-state index is -0.865. The Morgan fingerprint density at radius 1 is 0.446 bits per heavy atom. The van der Waals surface area contributed by atoms with E-state index < -0.39 is 12.1 Å². The fourth-order valence-electron chi connectivity index (χ4n) is 6.23. The van der Waals surface area contributed by atoms with Crippen molar-refractivity contribution >= 4 is 5.91 Å². The molecule has 0 aliphatic carbocycles. The third kappa shape index (κ3) is 42.2. The smallest absolute Gasteiger partial charge is 0.220 e. The highest BCUT2D eigenvalue weighted by atomic mass is 16.3. The van der Waals surface area contributed by atoms with Gasteiger partial charge in [-0.3, -0.25) is 4.79 Å². The van der Waals surface area contributed by atoms with Crippen molar-refractivity contribution in [2.24, 2.45) is 0 Å². The van der Waals surface area contributed by atoms with Crippen molar-refractivity contribution in [3.8, 4) is 0 Å². The first-order chi connectivity index (χ1) is 27.7. The number of aliphatic hydroxyl groups excluding tert-OH is 2. The summed E-state index contributed by atoms with van der Waals surface area (Å²) in [6.45, 7) is 4.11. The number of aliphatic hydroxyl groups is 2. The van der Waals surface area contributed by atoms with Crippen molar-refractivity contribution in [2.45, 2.75) is 206 Å². The molecule has 1 amide bonds. The molecule has 0 fully saturated rings. The summed E-state index contributed by atoms with van der Waals surface area (Å²) in [5.74, 6) is -0.0835. The van der Waals surface area contributed by atoms with Gasteiger partial charge in [0.05, 0.1) is 18.8 Å². The first kappa shape index (κ1) is 53.0. The molecule has 0 bridgehead atoms. The number of nitrogens with one attached hydrogen (secondary N) is 1. The van der Waals surface area contributed by atoms with E-state index in [1.54, 1.807) is 6.08 Å². The van der Waals surface area contributed by atoms with Gasteiger partial charge in [0, 0.05) is 6.42 Å². The standard InChI is InChI=1S/C52H87NO3/c1-3-5-7-9-11-13-14-15-16-17-18-19-20-21-22-23-24-25-26-27-28-29-30-31-32-33-34-35-36-37-38-40-42-44-46-48-52(56)53-50(49-54)51(55)47-45-43-41-39-12-10-8-6-4-2/h5,7,11-13,15-16,18-19,21-22,24-25,27-28,39,45,47,50-51,54-55H,3-4,6,8-10,14,17,20,23,26,29-38,40-44,46,48-49H2,1-2H3,(H,53,56)/b7-5-,13-11-,16-15-,19-18-,22-21-,25-24-,28-27-,39-12+,47-45+. The predicted molar refractivity (Wildman–Crippen MR) is 248 cm³/mol. The minimum Gasteiger partial charge on any atom is -0.394 e. The van der Waals surface area contributed by atoms with E-state index in [9.17, 15) is 15.0 Å². The lowest BCUT2D eigenvalue weighted by molar-refractivity contribution is -0.123. The van der Waals surface area contributed by atoms with Crippen LogP contribution in [0.2, 0.25) is 0 Å². The molecule has 0 aliphatic heterocycles. The molecule has 2 unspecified atom stereocenters. The van der Waals surface area contributed by atoms with Crippen LogP contribution >= 0.6 is 0 Å². The van der Waals surface area contributed by atoms with Crippen molar-refractivity contribution < 1.29 is 15.0 Å². The van der Waals surface area contributed by atoms with Crippen LogP contribution in [0.3, 0.4) is 0 Å². The molecule has 0 aromatic heterocycles. The number of amides is 1. The van der Waals surface area contributed by atoms with Crippen LogP contribution in [0.1, 0.15) is 194 Å². The molecule has 318 valence electrons. The van der Waals surface area contributed by atoms with Gasteiger partial charge in [-0.25, -0.2) is 0 Å². The monoisotopic (exact) mass is 774 g/mol. The Hall–Kier alpha value is -2.95. The van der Waals surface area contributed by atoms with Crippen molar-refractivity contribution in [3.05, 3.63) is 109 Å². The fourth-order valence-corrected chi connectivity index (χ4v) is 6.23. The van der Waals surface area contributed by atoms with Gasteiger partial charge in [-0.2, -0.15) is 0 Å². The van der Waals surface area contributed by atoms with E-state index in [4.69, 9.17) is 0 Å². The number of hydrogen-bond acceptors (Lipinski definition) is 3. The molecule has 2 atom stereocenters. The highest BCUT2D eigenvalue weighted by molar-refractivity contribution is 5.76. The second-order valence-corrected chi connectivity index (χ2v) is 15.1. The highest BCUT2D eigenvalue weighted by Gasteiger charge is 2.17. The van der Waals surface area contributed by atoms with E-state index in [0.29, 0.717) is 6.42 Å². The number of hydrogen-bond donors (Lipinski definition) is 3. The van der Waals surface area contributed by atoms with Crippen LogP contribution in [0.25, 0.3) is 0 Å². The molecule has 0 saturated heterocycles. The molecule has 0 radical (unpaired) electrons. The van der Waals surface area contributed by atoms with Crippen LogP contribution in [-0.4, -0.2) is 34.9 Å². The molecular formula is C52H87NO3. The van der Waals surface area contributed by atoms with Crippen molar-refractivity contribution in [2.75, 3.05) is 6.61 Å². The summed E-state index contributed by atoms with van der Waals surface area (Å²) in [5.41, 5.74) is 0. The third-order valence-electron chi connectivity index (χ3n) is 9.74. The summed E-state index contributed by atoms with van der Waals surface area (Å²) in [6.07, 6.45) is 70.8. The molecule has 3 N–H and O–H groups in total. The Morgan fingerprint density at radius 3 is 1.25 bits per heavy atom. The Bertz CT molecular complexity index is 1110. The van der Waals surface area contributed by atoms with Crippen LogP contribution in [-0.2, 0) is 4.79 Å². The number of allylic oxidation sites excluding steroid dienone is 17. The zero-order chi connectivity index (χ0) is 40.7. The van der Waals surface area contributed by atoms with E-state index in [1.807, 2.05) is 6.08 Å². The predicted octanol–water partition coefficient (Wildman–Crippen LogP) is 14.8. The van der Waals surface area contributed by atoms with E-state index in [1.165, 1.54) is 96.3 Å². The summed E-state index contributed by atoms with van der Waals surface area (Å²) in [5, 5.41) is 22.8. The summed E-state index contributed by atoms with van der Waals surface area (Å²) in [7, 11) is 0. The van der Waals surface area contributed by atoms with Crippen LogP contribution in [0.5, 0.6) is 0 Å². The van der Waals surface area contributed by atoms with Crippen molar-refractivity contribution in [1.82, 2.24) is 5.32 Å². The molecule has 0 heterocycles. The molecule has 0 spiro atoms. The van der Waals surface area contributed by atoms with Crippen LogP contribution in [0.15, 0.2) is 109 Å². The lowest BCUT2D eigenvalue weighted by Crippen LogP contribution is -2.45. The fraction of sp³-hybridized carbons (Fsp3) is 0.635. The molecule has 4 heteroatoms. The quantitative estimate of drug-likeness (QED) is 0.0429. The average molecular weight is 774 g/mol. The zero-order valence-electron chi connectivity index (χ0n) is 36.4. The Morgan fingerprint density at radius 2 is 0.804 bits per heavy atom. The van der Waals surface area contributed by atoms with Crippen LogP contribution in [0, 0.1) is 0 Å². The topological polar surface area (TPSA) is 69.6 Å². The number of unbranched alkanes of at least 4 members (excludes halogenated alkanes) is 17. The van der Waals surface area contributed by atoms with E-state index >= 15 is 0 Å². The van der Waals surface area contributed by atoms with Gasteiger partial charge < -0.3 is 15.5 Å². The highest BCUT2D eigenvalue weighted by Crippen LogP contribution is 2.14. The molecule has 4 nitrogen and oxygen atoms in total. The number of carbonyl (C=O) groups excluding carboxylic acids is 1. The maximum atomic E-state index is 12.3. The molecule has 56 heavy (non-hydrogen) atoms. The Balaban J connectivity index is 3.56. The van der Waals surface area contributed by atoms with Gasteiger partial charge in [-0.1, -0.05) is 207 Å². The van der Waals surface area contributed by atoms with Gasteiger partial charge in [0.25, 0.3) is 0 Å². The maximum absolute atomic E-state index is 12.3. The third-order valence-corrected chi connectivity index (χ3v) is 9.74. The van der Waals surface area contributed by atoms with Gasteiger partial charge in [-0.15, -0.1) is 0 Å². The van der Waals surface area contributed by atoms with Gasteiger partial charge in [0.2, 0.25) is 5.91 Å². The van der Waals surface area contributed by atoms with Crippen LogP contribution in [0.4, 0.5) is 0 Å². The van der Waals surface area contributed by atoms with Crippen LogP contribution < -0.4 is 5.32 Å². The molecule has 0 rings (SSSR count). The van der Waals surface area contributed by atoms with E-state index in [2.05, 4.69) is 116 Å². The van der Waals surface area contributed by atoms with Crippen molar-refractivity contribution in [3.63, 3.8) is 0 Å². The first-order valence-electron chi connectivity index (χ1n) is 23.1. The second-order valence-electron chi connectivity index (χ2n) is 15.1. The Labute approximate surface area is 346 Å². The number of carbonyl (C=O) groups is 1. The first-order valence-corrected chi connectivity index (χ1v) is 23.1. The van der Waals surface area contributed by atoms with Gasteiger partial charge in [0.1, 0.15) is 0 Å². The van der Waals surface area contributed by atoms with Gasteiger partial charge in [-0.05, 0) is 89.9 Å². The van der Waals surface area contributed by atoms with Gasteiger partial charge in [0.15, 0.2) is 0 Å². The van der Waals surface area contributed by atoms with Gasteiger partial charge >= 0.3 is 0 Å².